The van der Waals surface area contributed by atoms with Gasteiger partial charge in [-0.15, -0.1) is 0 Å². The molecule has 10 heteroatoms. The van der Waals surface area contributed by atoms with Crippen molar-refractivity contribution in [3.05, 3.63) is 43.5 Å². The van der Waals surface area contributed by atoms with E-state index in [0.717, 1.165) is 11.6 Å². The molecule has 3 aromatic rings. The molecule has 0 aliphatic heterocycles. The fraction of sp³-hybridized carbons (Fsp3) is 0.0833. The third-order valence-electron chi connectivity index (χ3n) is 2.94. The van der Waals surface area contributed by atoms with E-state index in [4.69, 9.17) is 16.3 Å². The first-order valence-corrected chi connectivity index (χ1v) is 7.35. The van der Waals surface area contributed by atoms with Crippen molar-refractivity contribution in [3.8, 4) is 11.6 Å². The Bertz CT molecular complexity index is 898. The first-order valence-electron chi connectivity index (χ1n) is 5.90. The predicted molar refractivity (Wildman–Crippen MR) is 87.6 cm³/mol. The Labute approximate surface area is 142 Å². The first kappa shape index (κ1) is 14.9. The van der Waals surface area contributed by atoms with E-state index < -0.39 is 4.92 Å². The van der Waals surface area contributed by atoms with Crippen LogP contribution < -0.4 is 4.74 Å². The molecule has 0 saturated carbocycles. The van der Waals surface area contributed by atoms with Crippen molar-refractivity contribution < 1.29 is 9.66 Å². The van der Waals surface area contributed by atoms with E-state index in [2.05, 4.69) is 37.7 Å². The minimum absolute atomic E-state index is 0.161. The van der Waals surface area contributed by atoms with Crippen LogP contribution in [0.3, 0.4) is 0 Å². The molecule has 0 radical (unpaired) electrons. The molecule has 0 amide bonds. The molecular formula is C12H7ClIN5O3. The van der Waals surface area contributed by atoms with Crippen molar-refractivity contribution in [2.75, 3.05) is 7.11 Å². The number of hydrogen-bond acceptors (Lipinski definition) is 6. The smallest absolute Gasteiger partial charge is 0.291 e. The van der Waals surface area contributed by atoms with Gasteiger partial charge >= 0.3 is 0 Å². The van der Waals surface area contributed by atoms with Crippen LogP contribution in [0.1, 0.15) is 0 Å². The van der Waals surface area contributed by atoms with Gasteiger partial charge in [-0.25, -0.2) is 14.6 Å². The summed E-state index contributed by atoms with van der Waals surface area (Å²) in [4.78, 5) is 18.4. The molecule has 3 heterocycles. The minimum atomic E-state index is -0.537. The largest absolute Gasteiger partial charge is 0.493 e. The number of rotatable bonds is 3. The van der Waals surface area contributed by atoms with Crippen LogP contribution in [0, 0.1) is 13.8 Å². The maximum Gasteiger partial charge on any atom is 0.291 e. The lowest BCUT2D eigenvalue weighted by Crippen LogP contribution is -2.04. The Hall–Kier alpha value is -2.01. The van der Waals surface area contributed by atoms with Crippen molar-refractivity contribution in [3.63, 3.8) is 0 Å². The van der Waals surface area contributed by atoms with Gasteiger partial charge in [-0.2, -0.15) is 5.10 Å². The molecule has 0 saturated heterocycles. The monoisotopic (exact) mass is 431 g/mol. The SMILES string of the molecule is COc1cc([N+](=O)[O-])cnc1-n1nc(I)c2cnc(Cl)cc21. The molecule has 0 fully saturated rings. The second kappa shape index (κ2) is 5.65. The van der Waals surface area contributed by atoms with Gasteiger partial charge in [0.1, 0.15) is 15.1 Å². The highest BCUT2D eigenvalue weighted by atomic mass is 127. The Morgan fingerprint density at radius 3 is 2.82 bits per heavy atom. The van der Waals surface area contributed by atoms with Crippen LogP contribution in [0.4, 0.5) is 5.69 Å². The normalized spacial score (nSPS) is 10.9. The van der Waals surface area contributed by atoms with Crippen LogP contribution in [0.2, 0.25) is 5.15 Å². The average Bonchev–Trinajstić information content (AvgIpc) is 2.82. The number of pyridine rings is 2. The van der Waals surface area contributed by atoms with Gasteiger partial charge in [0.15, 0.2) is 11.6 Å². The summed E-state index contributed by atoms with van der Waals surface area (Å²) in [5.41, 5.74) is 0.524. The Morgan fingerprint density at radius 2 is 2.14 bits per heavy atom. The van der Waals surface area contributed by atoms with E-state index in [-0.39, 0.29) is 11.4 Å². The zero-order valence-electron chi connectivity index (χ0n) is 11.0. The second-order valence-electron chi connectivity index (χ2n) is 4.20. The summed E-state index contributed by atoms with van der Waals surface area (Å²) in [6, 6.07) is 2.94. The highest BCUT2D eigenvalue weighted by molar-refractivity contribution is 14.1. The number of hydrogen-bond donors (Lipinski definition) is 0. The number of nitro groups is 1. The fourth-order valence-electron chi connectivity index (χ4n) is 1.95. The third kappa shape index (κ3) is 2.46. The quantitative estimate of drug-likeness (QED) is 0.274. The molecule has 22 heavy (non-hydrogen) atoms. The van der Waals surface area contributed by atoms with E-state index in [1.165, 1.54) is 17.9 Å². The van der Waals surface area contributed by atoms with Gasteiger partial charge < -0.3 is 4.74 Å². The van der Waals surface area contributed by atoms with Crippen LogP contribution in [0.25, 0.3) is 16.7 Å². The zero-order chi connectivity index (χ0) is 15.9. The van der Waals surface area contributed by atoms with Gasteiger partial charge in [-0.1, -0.05) is 11.6 Å². The Balaban J connectivity index is 2.27. The second-order valence-corrected chi connectivity index (χ2v) is 5.61. The molecule has 112 valence electrons. The third-order valence-corrected chi connectivity index (χ3v) is 3.94. The number of nitrogens with zero attached hydrogens (tertiary/aromatic N) is 5. The van der Waals surface area contributed by atoms with Gasteiger partial charge in [0.2, 0.25) is 0 Å². The van der Waals surface area contributed by atoms with Crippen LogP contribution in [0.5, 0.6) is 5.75 Å². The van der Waals surface area contributed by atoms with Gasteiger partial charge in [-0.3, -0.25) is 10.1 Å². The van der Waals surface area contributed by atoms with Gasteiger partial charge in [0.05, 0.1) is 29.0 Å². The molecule has 0 bridgehead atoms. The molecule has 0 unspecified atom stereocenters. The first-order chi connectivity index (χ1) is 10.5. The molecule has 8 nitrogen and oxygen atoms in total. The standard InChI is InChI=1S/C12H7ClIN5O3/c1-22-9-2-6(19(20)21)4-16-12(9)18-8-3-10(13)15-5-7(8)11(14)17-18/h2-5H,1H3. The van der Waals surface area contributed by atoms with Crippen molar-refractivity contribution in [2.45, 2.75) is 0 Å². The maximum absolute atomic E-state index is 10.8. The summed E-state index contributed by atoms with van der Waals surface area (Å²) < 4.78 is 7.43. The van der Waals surface area contributed by atoms with Crippen LogP contribution in [0.15, 0.2) is 24.5 Å². The molecule has 3 rings (SSSR count). The number of halogens is 2. The summed E-state index contributed by atoms with van der Waals surface area (Å²) in [7, 11) is 1.41. The van der Waals surface area contributed by atoms with Crippen molar-refractivity contribution in [1.82, 2.24) is 19.7 Å². The molecule has 0 aromatic carbocycles. The summed E-state index contributed by atoms with van der Waals surface area (Å²) >= 11 is 8.00. The van der Waals surface area contributed by atoms with Crippen molar-refractivity contribution in [1.29, 1.82) is 0 Å². The summed E-state index contributed by atoms with van der Waals surface area (Å²) in [5.74, 6) is 0.575. The van der Waals surface area contributed by atoms with Crippen LogP contribution in [-0.2, 0) is 0 Å². The van der Waals surface area contributed by atoms with Gasteiger partial charge in [0, 0.05) is 12.3 Å². The fourth-order valence-corrected chi connectivity index (χ4v) is 2.73. The van der Waals surface area contributed by atoms with E-state index in [0.29, 0.717) is 20.2 Å². The molecule has 3 aromatic heterocycles. The molecule has 0 aliphatic rings. The Morgan fingerprint density at radius 1 is 1.36 bits per heavy atom. The number of fused-ring (bicyclic) bond motifs is 1. The van der Waals surface area contributed by atoms with Crippen molar-refractivity contribution in [2.24, 2.45) is 0 Å². The number of ether oxygens (including phenoxy) is 1. The highest BCUT2D eigenvalue weighted by Crippen LogP contribution is 2.30. The lowest BCUT2D eigenvalue weighted by atomic mass is 10.3. The molecule has 0 aliphatic carbocycles. The summed E-state index contributed by atoms with van der Waals surface area (Å²) in [6.07, 6.45) is 2.77. The molecular weight excluding hydrogens is 425 g/mol. The summed E-state index contributed by atoms with van der Waals surface area (Å²) in [5, 5.41) is 16.3. The van der Waals surface area contributed by atoms with E-state index in [1.807, 2.05) is 0 Å². The lowest BCUT2D eigenvalue weighted by molar-refractivity contribution is -0.385. The maximum atomic E-state index is 10.8. The van der Waals surface area contributed by atoms with Crippen LogP contribution in [-0.4, -0.2) is 31.8 Å². The van der Waals surface area contributed by atoms with Gasteiger partial charge in [0.25, 0.3) is 5.69 Å². The Kier molecular flexibility index (Phi) is 3.83. The van der Waals surface area contributed by atoms with E-state index in [1.54, 1.807) is 12.3 Å². The van der Waals surface area contributed by atoms with E-state index in [9.17, 15) is 10.1 Å². The summed E-state index contributed by atoms with van der Waals surface area (Å²) in [6.45, 7) is 0. The average molecular weight is 432 g/mol. The van der Waals surface area contributed by atoms with Gasteiger partial charge in [-0.05, 0) is 22.6 Å². The van der Waals surface area contributed by atoms with Crippen LogP contribution >= 0.6 is 34.2 Å². The molecule has 0 N–H and O–H groups in total. The van der Waals surface area contributed by atoms with Crippen molar-refractivity contribution >= 4 is 50.8 Å². The highest BCUT2D eigenvalue weighted by Gasteiger charge is 2.18. The minimum Gasteiger partial charge on any atom is -0.493 e. The topological polar surface area (TPSA) is 96.0 Å². The zero-order valence-corrected chi connectivity index (χ0v) is 13.9. The molecule has 0 atom stereocenters. The molecule has 0 spiro atoms. The van der Waals surface area contributed by atoms with E-state index >= 15 is 0 Å². The predicted octanol–water partition coefficient (Wildman–Crippen LogP) is 2.99. The number of methoxy groups -OCH3 is 1. The number of aromatic nitrogens is 4. The lowest BCUT2D eigenvalue weighted by Gasteiger charge is -2.08.